The van der Waals surface area contributed by atoms with Gasteiger partial charge in [-0.15, -0.1) is 0 Å². The molecule has 0 saturated heterocycles. The van der Waals surface area contributed by atoms with E-state index in [0.29, 0.717) is 16.2 Å². The van der Waals surface area contributed by atoms with Gasteiger partial charge >= 0.3 is 50.1 Å². The zero-order valence-electron chi connectivity index (χ0n) is 3.38. The van der Waals surface area contributed by atoms with E-state index in [-0.39, 0.29) is 38.2 Å². The second-order valence-corrected chi connectivity index (χ2v) is 0.461. The number of nitriles is 1. The Morgan fingerprint density at radius 2 is 1.57 bits per heavy atom. The van der Waals surface area contributed by atoms with Crippen molar-refractivity contribution < 1.29 is 62.4 Å². The Morgan fingerprint density at radius 3 is 1.57 bits per heavy atom. The summed E-state index contributed by atoms with van der Waals surface area (Å²) in [5.74, 6) is 0. The summed E-state index contributed by atoms with van der Waals surface area (Å²) in [6.07, 6.45) is 0. The predicted molar refractivity (Wildman–Crippen MR) is 13.4 cm³/mol. The van der Waals surface area contributed by atoms with Gasteiger partial charge in [-0.25, -0.2) is 0 Å². The second kappa shape index (κ2) is 46.8. The second-order valence-electron chi connectivity index (χ2n) is 0.112. The summed E-state index contributed by atoms with van der Waals surface area (Å²) in [6.45, 7) is 0. The van der Waals surface area contributed by atoms with Crippen LogP contribution < -0.4 is 0 Å². The van der Waals surface area contributed by atoms with E-state index in [0.717, 1.165) is 0 Å². The van der Waals surface area contributed by atoms with Crippen LogP contribution in [0.15, 0.2) is 0 Å². The van der Waals surface area contributed by atoms with Crippen LogP contribution in [0.4, 0.5) is 0 Å². The molecule has 7 heavy (non-hydrogen) atoms. The first-order chi connectivity index (χ1) is 2.41. The largest absolute Gasteiger partial charge is 0 e. The molecule has 37 valence electrons. The average molecular weight is 224 g/mol. The molecule has 0 aliphatic heterocycles. The van der Waals surface area contributed by atoms with Crippen LogP contribution in [0, 0.1) is 9.64 Å². The Hall–Kier alpha value is 1.74. The minimum atomic E-state index is 0. The molecule has 0 rings (SSSR count). The topological polar surface area (TPSA) is 40.9 Å². The molecule has 6 heteroatoms. The maximum absolute atomic E-state index is 8.28. The van der Waals surface area contributed by atoms with E-state index in [4.69, 9.17) is 9.07 Å². The van der Waals surface area contributed by atoms with Crippen LogP contribution >= 0.6 is 0 Å². The van der Waals surface area contributed by atoms with Gasteiger partial charge in [0.05, 0.1) is 0 Å². The number of hydrogen-bond donors (Lipinski definition) is 0. The summed E-state index contributed by atoms with van der Waals surface area (Å²) in [6, 6.07) is 0. The van der Waals surface area contributed by atoms with E-state index in [2.05, 4.69) is 0 Å². The van der Waals surface area contributed by atoms with Crippen LogP contribution in [0.1, 0.15) is 0 Å². The molecule has 0 aromatic carbocycles. The van der Waals surface area contributed by atoms with Gasteiger partial charge in [0, 0.05) is 38.2 Å². The van der Waals surface area contributed by atoms with Gasteiger partial charge in [0.15, 0.2) is 0 Å². The van der Waals surface area contributed by atoms with Crippen molar-refractivity contribution in [1.29, 1.82) is 5.26 Å². The fraction of sp³-hybridized carbons (Fsp3) is 0. The first kappa shape index (κ1) is 23.3. The molecule has 0 N–H and O–H groups in total. The summed E-state index contributed by atoms with van der Waals surface area (Å²) in [7, 11) is 0. The Labute approximate surface area is 87.3 Å². The number of hydrogen-bond acceptors (Lipinski definition) is 2. The molecule has 0 saturated carbocycles. The molecule has 0 amide bonds. The molecule has 0 aromatic rings. The van der Waals surface area contributed by atoms with Crippen molar-refractivity contribution >= 4 is 16.2 Å². The molecule has 0 aliphatic carbocycles. The van der Waals surface area contributed by atoms with Crippen molar-refractivity contribution in [3.63, 3.8) is 0 Å². The summed E-state index contributed by atoms with van der Waals surface area (Å²) >= 11 is 2.04. The van der Waals surface area contributed by atoms with E-state index in [1.165, 1.54) is 20.4 Å². The van der Waals surface area contributed by atoms with Crippen molar-refractivity contribution in [2.24, 2.45) is 0 Å². The SMILES string of the molecule is N#[C][Ti].[Ni].[O]=[AlH].[Ti]. The molecule has 0 aromatic heterocycles. The van der Waals surface area contributed by atoms with E-state index >= 15 is 0 Å². The molecule has 0 radical (unpaired) electrons. The quantitative estimate of drug-likeness (QED) is 0.508. The molecular weight excluding hydrogens is 223 g/mol. The van der Waals surface area contributed by atoms with Crippen LogP contribution in [0.25, 0.3) is 0 Å². The van der Waals surface area contributed by atoms with Gasteiger partial charge in [-0.1, -0.05) is 0 Å². The normalized spacial score (nSPS) is 1.29. The molecule has 0 spiro atoms. The maximum Gasteiger partial charge on any atom is 0 e. The van der Waals surface area contributed by atoms with Gasteiger partial charge in [0.1, 0.15) is 0 Å². The van der Waals surface area contributed by atoms with E-state index in [9.17, 15) is 0 Å². The molecule has 0 fully saturated rings. The maximum atomic E-state index is 8.28. The zero-order valence-corrected chi connectivity index (χ0v) is 8.90. The molecule has 0 bridgehead atoms. The third kappa shape index (κ3) is 84.0. The Balaban J connectivity index is -0.0000000105. The fourth-order valence-electron chi connectivity index (χ4n) is 0. The van der Waals surface area contributed by atoms with Gasteiger partial charge in [-0.3, -0.25) is 0 Å². The minimum Gasteiger partial charge on any atom is 0 e. The smallest absolute Gasteiger partial charge is 0 e. The van der Waals surface area contributed by atoms with Gasteiger partial charge in [0.2, 0.25) is 0 Å². The Kier molecular flexibility index (Phi) is 156. The van der Waals surface area contributed by atoms with Gasteiger partial charge in [0.25, 0.3) is 0 Å². The van der Waals surface area contributed by atoms with E-state index in [1.54, 1.807) is 4.37 Å². The average Bonchev–Trinajstić information content (AvgIpc) is 1.46. The molecule has 0 atom stereocenters. The molecular formula is CHAlNNiOTi2. The van der Waals surface area contributed by atoms with Crippen molar-refractivity contribution in [1.82, 2.24) is 0 Å². The van der Waals surface area contributed by atoms with Gasteiger partial charge in [-0.2, -0.15) is 0 Å². The summed E-state index contributed by atoms with van der Waals surface area (Å²) in [5.41, 5.74) is 0. The van der Waals surface area contributed by atoms with Crippen molar-refractivity contribution in [2.75, 3.05) is 0 Å². The molecule has 2 nitrogen and oxygen atoms in total. The van der Waals surface area contributed by atoms with Crippen molar-refractivity contribution in [3.8, 4) is 4.37 Å². The van der Waals surface area contributed by atoms with Gasteiger partial charge < -0.3 is 0 Å². The van der Waals surface area contributed by atoms with Crippen LogP contribution in [0.5, 0.6) is 0 Å². The summed E-state index contributed by atoms with van der Waals surface area (Å²) < 4.78 is 10.0. The number of rotatable bonds is 0. The van der Waals surface area contributed by atoms with Gasteiger partial charge in [-0.05, 0) is 0 Å². The first-order valence-electron chi connectivity index (χ1n) is 0.762. The van der Waals surface area contributed by atoms with Crippen LogP contribution in [-0.2, 0) is 62.4 Å². The van der Waals surface area contributed by atoms with Crippen LogP contribution in [-0.4, -0.2) is 16.2 Å². The first-order valence-corrected chi connectivity index (χ1v) is 2.12. The van der Waals surface area contributed by atoms with E-state index in [1.807, 2.05) is 0 Å². The summed E-state index contributed by atoms with van der Waals surface area (Å²) in [5, 5.41) is 7.32. The summed E-state index contributed by atoms with van der Waals surface area (Å²) in [4.78, 5) is 0. The van der Waals surface area contributed by atoms with Crippen molar-refractivity contribution in [3.05, 3.63) is 0 Å². The Morgan fingerprint density at radius 1 is 1.57 bits per heavy atom. The monoisotopic (exact) mass is 224 g/mol. The third-order valence-corrected chi connectivity index (χ3v) is 0. The molecule has 0 heterocycles. The fourth-order valence-corrected chi connectivity index (χ4v) is 0. The molecule has 0 aliphatic rings. The predicted octanol–water partition coefficient (Wildman–Crippen LogP) is -0.758. The Bertz CT molecular complexity index is 47.4. The zero-order chi connectivity index (χ0) is 4.71. The van der Waals surface area contributed by atoms with Crippen LogP contribution in [0.2, 0.25) is 0 Å². The third-order valence-electron chi connectivity index (χ3n) is 0. The van der Waals surface area contributed by atoms with E-state index < -0.39 is 0 Å². The molecule has 0 unspecified atom stereocenters. The van der Waals surface area contributed by atoms with Crippen LogP contribution in [0.3, 0.4) is 0 Å². The van der Waals surface area contributed by atoms with Crippen molar-refractivity contribution in [2.45, 2.75) is 0 Å². The minimum absolute atomic E-state index is 0. The number of nitrogens with zero attached hydrogens (tertiary/aromatic N) is 1. The standard InChI is InChI=1S/CN.Al.Ni.O.2Ti.H/c1-2;;;;;;.